The van der Waals surface area contributed by atoms with Crippen LogP contribution in [0.4, 0.5) is 17.6 Å². The van der Waals surface area contributed by atoms with Crippen LogP contribution in [0.15, 0.2) is 52.8 Å². The SMILES string of the molecule is O=C(C1=C[N+]2=C(c3ccc(F)cc3)C=C(C(F)(F)F)C2=N1)N1CCCCC1CO. The third-order valence-electron chi connectivity index (χ3n) is 5.25. The van der Waals surface area contributed by atoms with Gasteiger partial charge in [0.05, 0.1) is 12.6 Å². The Labute approximate surface area is 164 Å². The number of nitrogens with zero attached hydrogens (tertiary/aromatic N) is 3. The van der Waals surface area contributed by atoms with Crippen molar-refractivity contribution in [3.05, 3.63) is 59.2 Å². The molecule has 5 nitrogen and oxygen atoms in total. The Morgan fingerprint density at radius 1 is 1.24 bits per heavy atom. The first-order valence-corrected chi connectivity index (χ1v) is 9.23. The molecule has 0 bridgehead atoms. The number of halogens is 4. The third-order valence-corrected chi connectivity index (χ3v) is 5.25. The lowest BCUT2D eigenvalue weighted by atomic mass is 10.0. The molecule has 1 saturated heterocycles. The van der Waals surface area contributed by atoms with Crippen molar-refractivity contribution < 1.29 is 32.0 Å². The average Bonchev–Trinajstić information content (AvgIpc) is 3.27. The molecular formula is C20H18F4N3O2+. The maximum atomic E-state index is 13.6. The molecule has 1 amide bonds. The fraction of sp³-hybridized carbons (Fsp3) is 0.350. The molecule has 0 saturated carbocycles. The fourth-order valence-electron chi connectivity index (χ4n) is 3.78. The summed E-state index contributed by atoms with van der Waals surface area (Å²) in [5, 5.41) is 9.52. The van der Waals surface area contributed by atoms with E-state index in [1.165, 1.54) is 27.8 Å². The van der Waals surface area contributed by atoms with E-state index in [9.17, 15) is 27.5 Å². The van der Waals surface area contributed by atoms with Gasteiger partial charge in [0.25, 0.3) is 5.70 Å². The second kappa shape index (κ2) is 7.22. The van der Waals surface area contributed by atoms with Crippen LogP contribution in [0, 0.1) is 5.82 Å². The Bertz CT molecular complexity index is 974. The standard InChI is InChI=1S/C20H18F4N3O2/c21-13-6-4-12(5-7-13)17-9-15(20(22,23)24)18-25-16(10-27(17)18)19(29)26-8-2-1-3-14(26)11-28/h4-7,9-10,14,28H,1-3,8,11H2/q+1. The van der Waals surface area contributed by atoms with Gasteiger partial charge in [0.1, 0.15) is 11.5 Å². The fourth-order valence-corrected chi connectivity index (χ4v) is 3.78. The maximum absolute atomic E-state index is 13.6. The molecule has 3 aliphatic rings. The predicted molar refractivity (Wildman–Crippen MR) is 96.9 cm³/mol. The van der Waals surface area contributed by atoms with Crippen LogP contribution in [0.1, 0.15) is 24.8 Å². The quantitative estimate of drug-likeness (QED) is 0.618. The molecule has 1 aromatic carbocycles. The summed E-state index contributed by atoms with van der Waals surface area (Å²) >= 11 is 0. The highest BCUT2D eigenvalue weighted by Crippen LogP contribution is 2.34. The zero-order valence-electron chi connectivity index (χ0n) is 15.3. The van der Waals surface area contributed by atoms with E-state index in [-0.39, 0.29) is 29.9 Å². The number of hydrogen-bond acceptors (Lipinski definition) is 3. The van der Waals surface area contributed by atoms with Gasteiger partial charge >= 0.3 is 17.9 Å². The number of carbonyl (C=O) groups is 1. The zero-order chi connectivity index (χ0) is 20.8. The normalized spacial score (nSPS) is 21.8. The van der Waals surface area contributed by atoms with Crippen LogP contribution in [0.25, 0.3) is 0 Å². The van der Waals surface area contributed by atoms with Gasteiger partial charge < -0.3 is 10.0 Å². The molecule has 1 fully saturated rings. The van der Waals surface area contributed by atoms with Crippen LogP contribution >= 0.6 is 0 Å². The molecule has 1 atom stereocenters. The highest BCUT2D eigenvalue weighted by Gasteiger charge is 2.50. The van der Waals surface area contributed by atoms with Crippen LogP contribution in [-0.4, -0.2) is 57.4 Å². The van der Waals surface area contributed by atoms with E-state index < -0.39 is 23.5 Å². The van der Waals surface area contributed by atoms with Gasteiger partial charge in [-0.2, -0.15) is 17.7 Å². The van der Waals surface area contributed by atoms with Gasteiger partial charge in [-0.3, -0.25) is 4.79 Å². The number of alkyl halides is 3. The second-order valence-electron chi connectivity index (χ2n) is 7.10. The lowest BCUT2D eigenvalue weighted by molar-refractivity contribution is -0.317. The van der Waals surface area contributed by atoms with E-state index in [4.69, 9.17) is 0 Å². The van der Waals surface area contributed by atoms with Crippen LogP contribution in [-0.2, 0) is 4.79 Å². The summed E-state index contributed by atoms with van der Waals surface area (Å²) < 4.78 is 55.1. The van der Waals surface area contributed by atoms with Crippen LogP contribution in [0.5, 0.6) is 0 Å². The first-order valence-electron chi connectivity index (χ1n) is 9.23. The molecule has 3 heterocycles. The summed E-state index contributed by atoms with van der Waals surface area (Å²) in [6.07, 6.45) is -0.176. The molecule has 152 valence electrons. The maximum Gasteiger partial charge on any atom is 0.424 e. The van der Waals surface area contributed by atoms with Crippen molar-refractivity contribution in [2.45, 2.75) is 31.5 Å². The Balaban J connectivity index is 1.75. The minimum atomic E-state index is -4.66. The molecule has 0 radical (unpaired) electrons. The number of aliphatic imine (C=N–C) groups is 1. The Morgan fingerprint density at radius 3 is 2.62 bits per heavy atom. The topological polar surface area (TPSA) is 55.9 Å². The molecule has 3 aliphatic heterocycles. The smallest absolute Gasteiger partial charge is 0.394 e. The largest absolute Gasteiger partial charge is 0.424 e. The zero-order valence-corrected chi connectivity index (χ0v) is 15.3. The van der Waals surface area contributed by atoms with Gasteiger partial charge in [0.15, 0.2) is 11.8 Å². The van der Waals surface area contributed by atoms with E-state index in [0.717, 1.165) is 31.1 Å². The van der Waals surface area contributed by atoms with Gasteiger partial charge in [0, 0.05) is 18.2 Å². The average molecular weight is 408 g/mol. The van der Waals surface area contributed by atoms with Crippen molar-refractivity contribution in [1.29, 1.82) is 0 Å². The molecular weight excluding hydrogens is 390 g/mol. The second-order valence-corrected chi connectivity index (χ2v) is 7.10. The number of rotatable bonds is 3. The van der Waals surface area contributed by atoms with Crippen LogP contribution in [0.3, 0.4) is 0 Å². The number of amides is 1. The first-order chi connectivity index (χ1) is 13.8. The van der Waals surface area contributed by atoms with Gasteiger partial charge in [-0.25, -0.2) is 4.39 Å². The Kier molecular flexibility index (Phi) is 4.85. The van der Waals surface area contributed by atoms with Crippen molar-refractivity contribution in [2.75, 3.05) is 13.2 Å². The molecule has 0 aromatic heterocycles. The van der Waals surface area contributed by atoms with Crippen LogP contribution in [0.2, 0.25) is 0 Å². The highest BCUT2D eigenvalue weighted by molar-refractivity contribution is 6.19. The Hall–Kier alpha value is -2.81. The monoisotopic (exact) mass is 408 g/mol. The summed E-state index contributed by atoms with van der Waals surface area (Å²) in [6.45, 7) is 0.211. The van der Waals surface area contributed by atoms with Gasteiger partial charge in [0.2, 0.25) is 0 Å². The first kappa shape index (κ1) is 19.5. The summed E-state index contributed by atoms with van der Waals surface area (Å²) in [5.41, 5.74) is -0.547. The molecule has 9 heteroatoms. The number of carbonyl (C=O) groups excluding carboxylic acids is 1. The molecule has 29 heavy (non-hydrogen) atoms. The lowest BCUT2D eigenvalue weighted by Gasteiger charge is -2.33. The summed E-state index contributed by atoms with van der Waals surface area (Å²) in [5.74, 6) is -1.39. The van der Waals surface area contributed by atoms with Gasteiger partial charge in [-0.05, 0) is 48.5 Å². The molecule has 0 spiro atoms. The van der Waals surface area contributed by atoms with E-state index in [0.29, 0.717) is 18.5 Å². The van der Waals surface area contributed by atoms with Crippen molar-refractivity contribution in [3.8, 4) is 0 Å². The molecule has 1 unspecified atom stereocenters. The molecule has 1 aromatic rings. The van der Waals surface area contributed by atoms with Gasteiger partial charge in [-0.15, -0.1) is 0 Å². The number of piperidine rings is 1. The molecule has 1 N–H and O–H groups in total. The number of amidine groups is 1. The van der Waals surface area contributed by atoms with Crippen molar-refractivity contribution in [1.82, 2.24) is 4.90 Å². The number of aliphatic hydroxyl groups excluding tert-OH is 1. The number of hydrogen-bond donors (Lipinski definition) is 1. The van der Waals surface area contributed by atoms with Crippen molar-refractivity contribution in [2.24, 2.45) is 4.99 Å². The van der Waals surface area contributed by atoms with E-state index in [1.807, 2.05) is 0 Å². The van der Waals surface area contributed by atoms with E-state index in [1.54, 1.807) is 0 Å². The Morgan fingerprint density at radius 2 is 1.97 bits per heavy atom. The van der Waals surface area contributed by atoms with E-state index >= 15 is 0 Å². The lowest BCUT2D eigenvalue weighted by Crippen LogP contribution is -2.46. The number of benzene rings is 1. The van der Waals surface area contributed by atoms with Crippen LogP contribution < -0.4 is 0 Å². The summed E-state index contributed by atoms with van der Waals surface area (Å²) in [7, 11) is 0. The summed E-state index contributed by atoms with van der Waals surface area (Å²) in [6, 6.07) is 4.69. The minimum Gasteiger partial charge on any atom is -0.394 e. The van der Waals surface area contributed by atoms with Gasteiger partial charge in [-0.1, -0.05) is 0 Å². The van der Waals surface area contributed by atoms with Crippen molar-refractivity contribution in [3.63, 3.8) is 0 Å². The number of likely N-dealkylation sites (tertiary alicyclic amines) is 1. The van der Waals surface area contributed by atoms with E-state index in [2.05, 4.69) is 4.99 Å². The third kappa shape index (κ3) is 3.50. The predicted octanol–water partition coefficient (Wildman–Crippen LogP) is 2.76. The summed E-state index contributed by atoms with van der Waals surface area (Å²) in [4.78, 5) is 18.3. The number of allylic oxidation sites excluding steroid dienone is 1. The van der Waals surface area contributed by atoms with Crippen molar-refractivity contribution >= 4 is 17.5 Å². The number of fused-ring (bicyclic) bond motifs is 1. The molecule has 0 aliphatic carbocycles. The highest BCUT2D eigenvalue weighted by atomic mass is 19.4. The molecule has 4 rings (SSSR count). The number of aliphatic hydroxyl groups is 1. The minimum absolute atomic E-state index is 0.116.